The zero-order valence-electron chi connectivity index (χ0n) is 20.0. The second kappa shape index (κ2) is 10.6. The van der Waals surface area contributed by atoms with Gasteiger partial charge in [0.25, 0.3) is 0 Å². The second-order valence-electron chi connectivity index (χ2n) is 9.66. The summed E-state index contributed by atoms with van der Waals surface area (Å²) in [6.07, 6.45) is 8.32. The molecule has 3 aromatic carbocycles. The summed E-state index contributed by atoms with van der Waals surface area (Å²) in [6, 6.07) is 21.7. The van der Waals surface area contributed by atoms with E-state index >= 15 is 0 Å². The van der Waals surface area contributed by atoms with Crippen molar-refractivity contribution in [2.75, 3.05) is 13.2 Å². The number of ether oxygens (including phenoxy) is 2. The average molecular weight is 457 g/mol. The normalized spacial score (nSPS) is 19.2. The van der Waals surface area contributed by atoms with Gasteiger partial charge in [-0.15, -0.1) is 0 Å². The molecule has 2 atom stereocenters. The van der Waals surface area contributed by atoms with E-state index in [-0.39, 0.29) is 12.1 Å². The highest BCUT2D eigenvalue weighted by molar-refractivity contribution is 5.44. The van der Waals surface area contributed by atoms with Gasteiger partial charge in [0.2, 0.25) is 0 Å². The van der Waals surface area contributed by atoms with E-state index in [4.69, 9.17) is 20.9 Å². The highest BCUT2D eigenvalue weighted by Gasteiger charge is 2.20. The zero-order chi connectivity index (χ0) is 23.3. The molecule has 0 aromatic heterocycles. The van der Waals surface area contributed by atoms with Crippen molar-refractivity contribution in [2.24, 2.45) is 11.5 Å². The number of rotatable bonds is 8. The van der Waals surface area contributed by atoms with Gasteiger partial charge < -0.3 is 20.9 Å². The fourth-order valence-corrected chi connectivity index (χ4v) is 5.40. The van der Waals surface area contributed by atoms with Gasteiger partial charge in [0, 0.05) is 24.9 Å². The summed E-state index contributed by atoms with van der Waals surface area (Å²) in [5.74, 6) is 2.01. The smallest absolute Gasteiger partial charge is 0.122 e. The van der Waals surface area contributed by atoms with E-state index in [1.54, 1.807) is 0 Å². The third-order valence-corrected chi connectivity index (χ3v) is 7.34. The molecular formula is C30H36N2O2. The molecule has 2 aliphatic carbocycles. The van der Waals surface area contributed by atoms with Crippen LogP contribution in [0.25, 0.3) is 0 Å². The molecular weight excluding hydrogens is 420 g/mol. The largest absolute Gasteiger partial charge is 0.493 e. The standard InChI is InChI=1S/C30H36N2O2/c31-27-9-1-7-25-23(27)5-3-11-29(25)33-19-17-21-13-15-22(16-14-21)18-20-34-30-12-4-6-24-26(30)8-2-10-28(24)32/h3-6,11-16,27-28H,1-2,7-10,17-20,31-32H2/t27-,28-/m1/s1. The molecule has 0 saturated heterocycles. The van der Waals surface area contributed by atoms with Crippen molar-refractivity contribution in [2.45, 2.75) is 63.5 Å². The van der Waals surface area contributed by atoms with E-state index in [9.17, 15) is 0 Å². The van der Waals surface area contributed by atoms with Crippen LogP contribution in [0, 0.1) is 0 Å². The molecule has 0 saturated carbocycles. The number of hydrogen-bond donors (Lipinski definition) is 2. The molecule has 3 aromatic rings. The lowest BCUT2D eigenvalue weighted by Gasteiger charge is -2.24. The Bertz CT molecular complexity index is 1020. The van der Waals surface area contributed by atoms with E-state index < -0.39 is 0 Å². The average Bonchev–Trinajstić information content (AvgIpc) is 2.86. The Morgan fingerprint density at radius 1 is 0.618 bits per heavy atom. The van der Waals surface area contributed by atoms with Gasteiger partial charge >= 0.3 is 0 Å². The van der Waals surface area contributed by atoms with Crippen LogP contribution in [0.1, 0.15) is 71.1 Å². The first-order valence-electron chi connectivity index (χ1n) is 12.8. The van der Waals surface area contributed by atoms with Crippen LogP contribution in [0.3, 0.4) is 0 Å². The SMILES string of the molecule is N[C@@H]1CCCc2c(OCCc3ccc(CCOc4cccc5c4CCC[C@H]5N)cc3)cccc21. The maximum absolute atomic E-state index is 6.28. The predicted molar refractivity (Wildman–Crippen MR) is 137 cm³/mol. The predicted octanol–water partition coefficient (Wildman–Crippen LogP) is 5.60. The van der Waals surface area contributed by atoms with Crippen molar-refractivity contribution in [3.05, 3.63) is 94.0 Å². The lowest BCUT2D eigenvalue weighted by Crippen LogP contribution is -2.18. The van der Waals surface area contributed by atoms with Crippen molar-refractivity contribution in [1.82, 2.24) is 0 Å². The number of hydrogen-bond acceptors (Lipinski definition) is 4. The van der Waals surface area contributed by atoms with Crippen molar-refractivity contribution < 1.29 is 9.47 Å². The summed E-state index contributed by atoms with van der Waals surface area (Å²) in [6.45, 7) is 1.35. The first-order chi connectivity index (χ1) is 16.7. The molecule has 0 unspecified atom stereocenters. The first kappa shape index (κ1) is 22.9. The van der Waals surface area contributed by atoms with Crippen LogP contribution in [0.2, 0.25) is 0 Å². The Labute approximate surface area is 203 Å². The van der Waals surface area contributed by atoms with E-state index in [1.165, 1.54) is 33.4 Å². The Morgan fingerprint density at radius 3 is 1.50 bits per heavy atom. The number of benzene rings is 3. The van der Waals surface area contributed by atoms with Crippen molar-refractivity contribution in [3.8, 4) is 11.5 Å². The molecule has 0 spiro atoms. The Balaban J connectivity index is 1.11. The molecule has 0 amide bonds. The molecule has 4 nitrogen and oxygen atoms in total. The topological polar surface area (TPSA) is 70.5 Å². The van der Waals surface area contributed by atoms with Gasteiger partial charge in [-0.1, -0.05) is 48.5 Å². The number of nitrogens with two attached hydrogens (primary N) is 2. The Kier molecular flexibility index (Phi) is 7.17. The lowest BCUT2D eigenvalue weighted by atomic mass is 9.87. The summed E-state index contributed by atoms with van der Waals surface area (Å²) in [5.41, 5.74) is 20.3. The minimum atomic E-state index is 0.147. The molecule has 0 aliphatic heterocycles. The van der Waals surface area contributed by atoms with Gasteiger partial charge in [-0.25, -0.2) is 0 Å². The highest BCUT2D eigenvalue weighted by atomic mass is 16.5. The molecule has 0 fully saturated rings. The summed E-state index contributed by atoms with van der Waals surface area (Å²) in [4.78, 5) is 0. The van der Waals surface area contributed by atoms with E-state index in [0.717, 1.165) is 62.9 Å². The van der Waals surface area contributed by atoms with Crippen LogP contribution >= 0.6 is 0 Å². The van der Waals surface area contributed by atoms with Crippen LogP contribution in [0.4, 0.5) is 0 Å². The maximum atomic E-state index is 6.28. The van der Waals surface area contributed by atoms with E-state index in [0.29, 0.717) is 13.2 Å². The summed E-state index contributed by atoms with van der Waals surface area (Å²) >= 11 is 0. The van der Waals surface area contributed by atoms with Crippen LogP contribution in [0.5, 0.6) is 11.5 Å². The van der Waals surface area contributed by atoms with Gasteiger partial charge in [-0.05, 0) is 84.0 Å². The maximum Gasteiger partial charge on any atom is 0.122 e. The van der Waals surface area contributed by atoms with Gasteiger partial charge in [0.1, 0.15) is 11.5 Å². The third-order valence-electron chi connectivity index (χ3n) is 7.34. The molecule has 4 heteroatoms. The molecule has 4 N–H and O–H groups in total. The molecule has 0 bridgehead atoms. The van der Waals surface area contributed by atoms with Gasteiger partial charge in [0.15, 0.2) is 0 Å². The highest BCUT2D eigenvalue weighted by Crippen LogP contribution is 2.35. The third kappa shape index (κ3) is 5.13. The quantitative estimate of drug-likeness (QED) is 0.463. The molecule has 0 heterocycles. The Hall–Kier alpha value is -2.82. The molecule has 0 radical (unpaired) electrons. The summed E-state index contributed by atoms with van der Waals surface area (Å²) in [7, 11) is 0. The van der Waals surface area contributed by atoms with Crippen LogP contribution < -0.4 is 20.9 Å². The van der Waals surface area contributed by atoms with E-state index in [2.05, 4.69) is 60.7 Å². The van der Waals surface area contributed by atoms with Gasteiger partial charge in [-0.2, -0.15) is 0 Å². The summed E-state index contributed by atoms with van der Waals surface area (Å²) < 4.78 is 12.3. The van der Waals surface area contributed by atoms with Gasteiger partial charge in [-0.3, -0.25) is 0 Å². The Morgan fingerprint density at radius 2 is 1.06 bits per heavy atom. The van der Waals surface area contributed by atoms with Gasteiger partial charge in [0.05, 0.1) is 13.2 Å². The molecule has 5 rings (SSSR count). The van der Waals surface area contributed by atoms with Crippen molar-refractivity contribution in [1.29, 1.82) is 0 Å². The van der Waals surface area contributed by atoms with Crippen molar-refractivity contribution >= 4 is 0 Å². The summed E-state index contributed by atoms with van der Waals surface area (Å²) in [5, 5.41) is 0. The van der Waals surface area contributed by atoms with Crippen LogP contribution in [0.15, 0.2) is 60.7 Å². The minimum absolute atomic E-state index is 0.147. The monoisotopic (exact) mass is 456 g/mol. The molecule has 34 heavy (non-hydrogen) atoms. The fourth-order valence-electron chi connectivity index (χ4n) is 5.40. The zero-order valence-corrected chi connectivity index (χ0v) is 20.0. The minimum Gasteiger partial charge on any atom is -0.493 e. The fraction of sp³-hybridized carbons (Fsp3) is 0.400. The number of fused-ring (bicyclic) bond motifs is 2. The lowest BCUT2D eigenvalue weighted by molar-refractivity contribution is 0.315. The molecule has 178 valence electrons. The van der Waals surface area contributed by atoms with Crippen molar-refractivity contribution in [3.63, 3.8) is 0 Å². The van der Waals surface area contributed by atoms with Crippen LogP contribution in [-0.2, 0) is 25.7 Å². The second-order valence-corrected chi connectivity index (χ2v) is 9.66. The first-order valence-corrected chi connectivity index (χ1v) is 12.8. The molecule has 2 aliphatic rings. The van der Waals surface area contributed by atoms with E-state index in [1.807, 2.05) is 0 Å². The van der Waals surface area contributed by atoms with Crippen LogP contribution in [-0.4, -0.2) is 13.2 Å².